The maximum Gasteiger partial charge on any atom is 0.224 e. The third kappa shape index (κ3) is 6.99. The average Bonchev–Trinajstić information content (AvgIpc) is 2.82. The van der Waals surface area contributed by atoms with Crippen LogP contribution in [0.5, 0.6) is 17.4 Å². The second-order valence-corrected chi connectivity index (χ2v) is 6.79. The summed E-state index contributed by atoms with van der Waals surface area (Å²) >= 11 is 0. The largest absolute Gasteiger partial charge is 0.490 e. The van der Waals surface area contributed by atoms with Gasteiger partial charge in [-0.15, -0.1) is 0 Å². The average molecular weight is 420 g/mol. The summed E-state index contributed by atoms with van der Waals surface area (Å²) in [5.74, 6) is 2.60. The SMILES string of the molecule is CCCOc1ccccc1Oc1ncccc1CNC(=NC)NCCc1ccccn1. The fraction of sp³-hybridized carbons (Fsp3) is 0.292. The fourth-order valence-electron chi connectivity index (χ4n) is 2.87. The number of para-hydroxylation sites is 2. The number of aliphatic imine (C=N–C) groups is 1. The second-order valence-electron chi connectivity index (χ2n) is 6.79. The molecule has 7 heteroatoms. The number of benzene rings is 1. The Balaban J connectivity index is 1.59. The van der Waals surface area contributed by atoms with Crippen molar-refractivity contribution in [2.45, 2.75) is 26.3 Å². The molecular weight excluding hydrogens is 390 g/mol. The van der Waals surface area contributed by atoms with Crippen molar-refractivity contribution in [3.63, 3.8) is 0 Å². The Bertz CT molecular complexity index is 963. The third-order valence-corrected chi connectivity index (χ3v) is 4.44. The van der Waals surface area contributed by atoms with Gasteiger partial charge >= 0.3 is 0 Å². The Morgan fingerprint density at radius 2 is 1.74 bits per heavy atom. The molecule has 0 saturated carbocycles. The summed E-state index contributed by atoms with van der Waals surface area (Å²) in [6, 6.07) is 17.4. The molecule has 0 aliphatic carbocycles. The summed E-state index contributed by atoms with van der Waals surface area (Å²) in [6.45, 7) is 3.96. The van der Waals surface area contributed by atoms with E-state index in [0.717, 1.165) is 30.6 Å². The van der Waals surface area contributed by atoms with E-state index in [4.69, 9.17) is 9.47 Å². The molecule has 0 atom stereocenters. The minimum absolute atomic E-state index is 0.518. The Morgan fingerprint density at radius 3 is 2.52 bits per heavy atom. The van der Waals surface area contributed by atoms with Crippen LogP contribution in [0, 0.1) is 0 Å². The lowest BCUT2D eigenvalue weighted by Gasteiger charge is -2.15. The summed E-state index contributed by atoms with van der Waals surface area (Å²) in [7, 11) is 1.75. The van der Waals surface area contributed by atoms with Gasteiger partial charge in [0.1, 0.15) is 0 Å². The van der Waals surface area contributed by atoms with Crippen LogP contribution in [0.15, 0.2) is 72.0 Å². The first-order valence-corrected chi connectivity index (χ1v) is 10.5. The number of hydrogen-bond acceptors (Lipinski definition) is 5. The monoisotopic (exact) mass is 419 g/mol. The highest BCUT2D eigenvalue weighted by molar-refractivity contribution is 5.79. The minimum Gasteiger partial charge on any atom is -0.490 e. The lowest BCUT2D eigenvalue weighted by Crippen LogP contribution is -2.38. The summed E-state index contributed by atoms with van der Waals surface area (Å²) in [6.07, 6.45) is 5.27. The predicted octanol–water partition coefficient (Wildman–Crippen LogP) is 3.97. The molecule has 0 bridgehead atoms. The van der Waals surface area contributed by atoms with E-state index < -0.39 is 0 Å². The van der Waals surface area contributed by atoms with Crippen LogP contribution >= 0.6 is 0 Å². The first-order chi connectivity index (χ1) is 15.3. The molecule has 0 saturated heterocycles. The number of pyridine rings is 2. The van der Waals surface area contributed by atoms with Crippen molar-refractivity contribution in [1.29, 1.82) is 0 Å². The van der Waals surface area contributed by atoms with Gasteiger partial charge in [0.05, 0.1) is 6.61 Å². The van der Waals surface area contributed by atoms with Gasteiger partial charge in [-0.05, 0) is 36.8 Å². The molecule has 3 aromatic rings. The zero-order valence-corrected chi connectivity index (χ0v) is 18.0. The van der Waals surface area contributed by atoms with E-state index in [0.29, 0.717) is 36.5 Å². The van der Waals surface area contributed by atoms with Gasteiger partial charge in [0.25, 0.3) is 0 Å². The molecule has 162 valence electrons. The van der Waals surface area contributed by atoms with Gasteiger partial charge in [0.2, 0.25) is 5.88 Å². The number of nitrogens with zero attached hydrogens (tertiary/aromatic N) is 3. The van der Waals surface area contributed by atoms with Gasteiger partial charge in [0.15, 0.2) is 17.5 Å². The normalized spacial score (nSPS) is 11.1. The summed E-state index contributed by atoms with van der Waals surface area (Å²) in [5, 5.41) is 6.62. The van der Waals surface area contributed by atoms with Crippen LogP contribution < -0.4 is 20.1 Å². The Labute approximate surface area is 183 Å². The van der Waals surface area contributed by atoms with Crippen LogP contribution in [0.2, 0.25) is 0 Å². The Hall–Kier alpha value is -3.61. The number of rotatable bonds is 10. The van der Waals surface area contributed by atoms with Gasteiger partial charge in [-0.1, -0.05) is 31.2 Å². The number of guanidine groups is 1. The lowest BCUT2D eigenvalue weighted by molar-refractivity contribution is 0.300. The zero-order chi connectivity index (χ0) is 21.7. The van der Waals surface area contributed by atoms with E-state index in [1.54, 1.807) is 19.4 Å². The van der Waals surface area contributed by atoms with Crippen molar-refractivity contribution in [3.05, 3.63) is 78.2 Å². The highest BCUT2D eigenvalue weighted by Crippen LogP contribution is 2.31. The highest BCUT2D eigenvalue weighted by atomic mass is 16.5. The van der Waals surface area contributed by atoms with Crippen molar-refractivity contribution in [2.24, 2.45) is 4.99 Å². The number of hydrogen-bond donors (Lipinski definition) is 2. The van der Waals surface area contributed by atoms with Crippen LogP contribution in [-0.4, -0.2) is 36.1 Å². The standard InChI is InChI=1S/C24H29N5O2/c1-3-17-30-21-11-4-5-12-22(21)31-23-19(9-8-15-27-23)18-29-24(25-2)28-16-13-20-10-6-7-14-26-20/h4-12,14-15H,3,13,16-18H2,1-2H3,(H2,25,28,29). The molecule has 1 aromatic carbocycles. The van der Waals surface area contributed by atoms with Gasteiger partial charge in [-0.2, -0.15) is 0 Å². The molecular formula is C24H29N5O2. The van der Waals surface area contributed by atoms with Crippen molar-refractivity contribution < 1.29 is 9.47 Å². The van der Waals surface area contributed by atoms with Crippen LogP contribution in [-0.2, 0) is 13.0 Å². The molecule has 0 fully saturated rings. The Kier molecular flexibility index (Phi) is 8.67. The molecule has 3 rings (SSSR count). The van der Waals surface area contributed by atoms with E-state index in [1.165, 1.54) is 0 Å². The molecule has 0 aliphatic heterocycles. The molecule has 2 heterocycles. The minimum atomic E-state index is 0.518. The number of aromatic nitrogens is 2. The fourth-order valence-corrected chi connectivity index (χ4v) is 2.87. The first-order valence-electron chi connectivity index (χ1n) is 10.5. The van der Waals surface area contributed by atoms with E-state index in [1.807, 2.05) is 54.6 Å². The van der Waals surface area contributed by atoms with Crippen LogP contribution in [0.3, 0.4) is 0 Å². The van der Waals surface area contributed by atoms with Crippen molar-refractivity contribution in [1.82, 2.24) is 20.6 Å². The van der Waals surface area contributed by atoms with Crippen LogP contribution in [0.1, 0.15) is 24.6 Å². The maximum atomic E-state index is 6.10. The lowest BCUT2D eigenvalue weighted by atomic mass is 10.2. The van der Waals surface area contributed by atoms with Crippen LogP contribution in [0.4, 0.5) is 0 Å². The summed E-state index contributed by atoms with van der Waals surface area (Å²) in [5.41, 5.74) is 1.96. The molecule has 2 N–H and O–H groups in total. The van der Waals surface area contributed by atoms with E-state index in [2.05, 4.69) is 32.5 Å². The second kappa shape index (κ2) is 12.2. The summed E-state index contributed by atoms with van der Waals surface area (Å²) < 4.78 is 11.9. The van der Waals surface area contributed by atoms with E-state index in [-0.39, 0.29) is 0 Å². The molecule has 0 aliphatic rings. The smallest absolute Gasteiger partial charge is 0.224 e. The number of ether oxygens (including phenoxy) is 2. The van der Waals surface area contributed by atoms with Crippen molar-refractivity contribution >= 4 is 5.96 Å². The van der Waals surface area contributed by atoms with E-state index >= 15 is 0 Å². The predicted molar refractivity (Wildman–Crippen MR) is 123 cm³/mol. The highest BCUT2D eigenvalue weighted by Gasteiger charge is 2.11. The molecule has 0 unspecified atom stereocenters. The molecule has 7 nitrogen and oxygen atoms in total. The van der Waals surface area contributed by atoms with Crippen LogP contribution in [0.25, 0.3) is 0 Å². The van der Waals surface area contributed by atoms with Gasteiger partial charge < -0.3 is 20.1 Å². The molecule has 0 radical (unpaired) electrons. The maximum absolute atomic E-state index is 6.10. The molecule has 31 heavy (non-hydrogen) atoms. The number of nitrogens with one attached hydrogen (secondary N) is 2. The third-order valence-electron chi connectivity index (χ3n) is 4.44. The first kappa shape index (κ1) is 22.1. The molecule has 0 amide bonds. The zero-order valence-electron chi connectivity index (χ0n) is 18.0. The van der Waals surface area contributed by atoms with E-state index in [9.17, 15) is 0 Å². The molecule has 2 aromatic heterocycles. The topological polar surface area (TPSA) is 80.7 Å². The Morgan fingerprint density at radius 1 is 0.935 bits per heavy atom. The summed E-state index contributed by atoms with van der Waals surface area (Å²) in [4.78, 5) is 13.0. The van der Waals surface area contributed by atoms with Crippen molar-refractivity contribution in [2.75, 3.05) is 20.2 Å². The van der Waals surface area contributed by atoms with Gasteiger partial charge in [-0.3, -0.25) is 9.98 Å². The van der Waals surface area contributed by atoms with Gasteiger partial charge in [0, 0.05) is 50.2 Å². The quantitative estimate of drug-likeness (QED) is 0.382. The van der Waals surface area contributed by atoms with Gasteiger partial charge in [-0.25, -0.2) is 4.98 Å². The molecule has 0 spiro atoms. The van der Waals surface area contributed by atoms with Crippen molar-refractivity contribution in [3.8, 4) is 17.4 Å².